The molecule has 0 fully saturated rings. The molecule has 2 atom stereocenters. The van der Waals surface area contributed by atoms with Gasteiger partial charge in [-0.05, 0) is 49.1 Å². The fraction of sp³-hybridized carbons (Fsp3) is 0.381. The second kappa shape index (κ2) is 10.2. The third-order valence-corrected chi connectivity index (χ3v) is 7.29. The molecular formula is C21H27NO5S. The van der Waals surface area contributed by atoms with Gasteiger partial charge in [0.15, 0.2) is 9.84 Å². The summed E-state index contributed by atoms with van der Waals surface area (Å²) in [6.07, 6.45) is 2.64. The van der Waals surface area contributed by atoms with Crippen LogP contribution in [0.2, 0.25) is 0 Å². The van der Waals surface area contributed by atoms with Gasteiger partial charge in [0.05, 0.1) is 23.2 Å². The zero-order valence-electron chi connectivity index (χ0n) is 16.2. The van der Waals surface area contributed by atoms with E-state index in [0.29, 0.717) is 18.6 Å². The highest BCUT2D eigenvalue weighted by Crippen LogP contribution is 2.28. The maximum absolute atomic E-state index is 13.2. The number of carbonyl (C=O) groups excluding carboxylic acids is 1. The smallest absolute Gasteiger partial charge is 0.247 e. The molecule has 7 heteroatoms. The van der Waals surface area contributed by atoms with Gasteiger partial charge in [0.2, 0.25) is 5.91 Å². The number of rotatable bonds is 10. The number of hydroxylamine groups is 1. The van der Waals surface area contributed by atoms with Crippen LogP contribution in [0.5, 0.6) is 5.75 Å². The molecule has 2 aromatic carbocycles. The number of ether oxygens (including phenoxy) is 1. The van der Waals surface area contributed by atoms with E-state index in [1.165, 1.54) is 31.7 Å². The van der Waals surface area contributed by atoms with Crippen molar-refractivity contribution < 1.29 is 23.2 Å². The molecule has 0 heterocycles. The summed E-state index contributed by atoms with van der Waals surface area (Å²) < 4.78 is 31.4. The fourth-order valence-electron chi connectivity index (χ4n) is 3.20. The minimum Gasteiger partial charge on any atom is -0.497 e. The Hall–Kier alpha value is -2.38. The van der Waals surface area contributed by atoms with Gasteiger partial charge in [0.25, 0.3) is 0 Å². The van der Waals surface area contributed by atoms with Crippen LogP contribution in [0.4, 0.5) is 0 Å². The summed E-state index contributed by atoms with van der Waals surface area (Å²) in [5, 5.41) is 8.04. The minimum absolute atomic E-state index is 0.138. The largest absolute Gasteiger partial charge is 0.497 e. The molecule has 2 aromatic rings. The van der Waals surface area contributed by atoms with Gasteiger partial charge >= 0.3 is 0 Å². The Balaban J connectivity index is 2.14. The monoisotopic (exact) mass is 405 g/mol. The van der Waals surface area contributed by atoms with Crippen molar-refractivity contribution in [1.29, 1.82) is 0 Å². The summed E-state index contributed by atoms with van der Waals surface area (Å²) in [7, 11) is -2.25. The number of carbonyl (C=O) groups is 1. The van der Waals surface area contributed by atoms with Crippen molar-refractivity contribution in [2.45, 2.75) is 42.8 Å². The van der Waals surface area contributed by atoms with Gasteiger partial charge in [-0.25, -0.2) is 13.9 Å². The molecule has 0 bridgehead atoms. The number of hydrogen-bond donors (Lipinski definition) is 2. The number of hydrogen-bond acceptors (Lipinski definition) is 5. The summed E-state index contributed by atoms with van der Waals surface area (Å²) in [4.78, 5) is 12.1. The zero-order valence-corrected chi connectivity index (χ0v) is 17.0. The molecule has 0 saturated heterocycles. The molecule has 0 saturated carbocycles. The molecule has 0 aliphatic rings. The number of amides is 1. The van der Waals surface area contributed by atoms with E-state index in [0.717, 1.165) is 12.8 Å². The van der Waals surface area contributed by atoms with Crippen LogP contribution in [-0.2, 0) is 21.1 Å². The third kappa shape index (κ3) is 5.56. The topological polar surface area (TPSA) is 92.7 Å². The molecule has 6 nitrogen and oxygen atoms in total. The second-order valence-corrected chi connectivity index (χ2v) is 8.92. The average molecular weight is 406 g/mol. The van der Waals surface area contributed by atoms with Crippen molar-refractivity contribution >= 4 is 15.7 Å². The number of methoxy groups -OCH3 is 1. The maximum atomic E-state index is 13.2. The molecule has 0 unspecified atom stereocenters. The second-order valence-electron chi connectivity index (χ2n) is 6.76. The van der Waals surface area contributed by atoms with Gasteiger partial charge in [-0.15, -0.1) is 0 Å². The first-order valence-electron chi connectivity index (χ1n) is 9.26. The van der Waals surface area contributed by atoms with Gasteiger partial charge in [0, 0.05) is 0 Å². The number of benzene rings is 2. The van der Waals surface area contributed by atoms with Crippen molar-refractivity contribution in [3.8, 4) is 5.75 Å². The lowest BCUT2D eigenvalue weighted by molar-refractivity contribution is -0.132. The van der Waals surface area contributed by atoms with Crippen LogP contribution in [-0.4, -0.2) is 31.9 Å². The SMILES string of the molecule is COc1ccc(S(=O)(=O)[C@@H](CCCCc2ccccc2)[C@@H](C)C(=O)NO)cc1. The molecule has 28 heavy (non-hydrogen) atoms. The summed E-state index contributed by atoms with van der Waals surface area (Å²) in [6, 6.07) is 16.1. The fourth-order valence-corrected chi connectivity index (χ4v) is 5.21. The van der Waals surface area contributed by atoms with Crippen LogP contribution in [0, 0.1) is 5.92 Å². The van der Waals surface area contributed by atoms with Crippen molar-refractivity contribution in [1.82, 2.24) is 5.48 Å². The molecule has 152 valence electrons. The van der Waals surface area contributed by atoms with Gasteiger partial charge in [0.1, 0.15) is 5.75 Å². The van der Waals surface area contributed by atoms with E-state index in [-0.39, 0.29) is 4.90 Å². The van der Waals surface area contributed by atoms with Crippen LogP contribution in [0.25, 0.3) is 0 Å². The quantitative estimate of drug-likeness (QED) is 0.359. The van der Waals surface area contributed by atoms with Gasteiger partial charge in [-0.2, -0.15) is 0 Å². The Morgan fingerprint density at radius 3 is 2.29 bits per heavy atom. The Labute approximate surface area is 166 Å². The molecule has 0 aliphatic carbocycles. The van der Waals surface area contributed by atoms with Gasteiger partial charge in [-0.3, -0.25) is 10.0 Å². The van der Waals surface area contributed by atoms with Gasteiger partial charge in [-0.1, -0.05) is 43.7 Å². The lowest BCUT2D eigenvalue weighted by atomic mass is 10.00. The lowest BCUT2D eigenvalue weighted by Gasteiger charge is -2.23. The predicted octanol–water partition coefficient (Wildman–Crippen LogP) is 3.39. The van der Waals surface area contributed by atoms with E-state index < -0.39 is 26.9 Å². The Morgan fingerprint density at radius 2 is 1.71 bits per heavy atom. The van der Waals surface area contributed by atoms with E-state index in [9.17, 15) is 13.2 Å². The zero-order chi connectivity index (χ0) is 20.6. The van der Waals surface area contributed by atoms with Crippen LogP contribution < -0.4 is 10.2 Å². The molecule has 0 spiro atoms. The van der Waals surface area contributed by atoms with Crippen LogP contribution >= 0.6 is 0 Å². The van der Waals surface area contributed by atoms with E-state index in [1.54, 1.807) is 17.6 Å². The normalized spacial score (nSPS) is 13.5. The first kappa shape index (κ1) is 21.9. The average Bonchev–Trinajstić information content (AvgIpc) is 2.73. The Kier molecular flexibility index (Phi) is 8.02. The van der Waals surface area contributed by atoms with E-state index in [1.807, 2.05) is 30.3 Å². The number of aryl methyl sites for hydroxylation is 1. The molecule has 2 N–H and O–H groups in total. The number of sulfone groups is 1. The van der Waals surface area contributed by atoms with Crippen molar-refractivity contribution in [2.24, 2.45) is 5.92 Å². The molecule has 0 radical (unpaired) electrons. The minimum atomic E-state index is -3.75. The highest BCUT2D eigenvalue weighted by molar-refractivity contribution is 7.92. The summed E-state index contributed by atoms with van der Waals surface area (Å²) >= 11 is 0. The summed E-state index contributed by atoms with van der Waals surface area (Å²) in [6.45, 7) is 1.52. The van der Waals surface area contributed by atoms with Crippen molar-refractivity contribution in [3.63, 3.8) is 0 Å². The Bertz CT molecular complexity index is 850. The van der Waals surface area contributed by atoms with E-state index >= 15 is 0 Å². The highest BCUT2D eigenvalue weighted by Gasteiger charge is 2.35. The lowest BCUT2D eigenvalue weighted by Crippen LogP contribution is -2.38. The molecule has 0 aliphatic heterocycles. The van der Waals surface area contributed by atoms with Crippen LogP contribution in [0.3, 0.4) is 0 Å². The maximum Gasteiger partial charge on any atom is 0.247 e. The molecule has 0 aromatic heterocycles. The number of unbranched alkanes of at least 4 members (excludes halogenated alkanes) is 1. The standard InChI is InChI=1S/C21H27NO5S/c1-16(21(23)22-24)20(11-7-6-10-17-8-4-3-5-9-17)28(25,26)19-14-12-18(27-2)13-15-19/h3-5,8-9,12-16,20,24H,6-7,10-11H2,1-2H3,(H,22,23)/t16-,20+/m1/s1. The van der Waals surface area contributed by atoms with Gasteiger partial charge < -0.3 is 4.74 Å². The molecule has 1 amide bonds. The van der Waals surface area contributed by atoms with Crippen LogP contribution in [0.15, 0.2) is 59.5 Å². The van der Waals surface area contributed by atoms with Crippen molar-refractivity contribution in [3.05, 3.63) is 60.2 Å². The molecule has 2 rings (SSSR count). The summed E-state index contributed by atoms with van der Waals surface area (Å²) in [5.74, 6) is -1.03. The first-order valence-corrected chi connectivity index (χ1v) is 10.8. The van der Waals surface area contributed by atoms with Crippen LogP contribution in [0.1, 0.15) is 31.7 Å². The summed E-state index contributed by atoms with van der Waals surface area (Å²) in [5.41, 5.74) is 2.77. The first-order chi connectivity index (χ1) is 13.4. The Morgan fingerprint density at radius 1 is 1.07 bits per heavy atom. The molecular weight excluding hydrogens is 378 g/mol. The number of nitrogens with one attached hydrogen (secondary N) is 1. The van der Waals surface area contributed by atoms with E-state index in [2.05, 4.69) is 0 Å². The predicted molar refractivity (Wildman–Crippen MR) is 107 cm³/mol. The van der Waals surface area contributed by atoms with E-state index in [4.69, 9.17) is 9.94 Å². The third-order valence-electron chi connectivity index (χ3n) is 4.91. The van der Waals surface area contributed by atoms with Crippen molar-refractivity contribution in [2.75, 3.05) is 7.11 Å². The highest BCUT2D eigenvalue weighted by atomic mass is 32.2.